The molecule has 5 N–H and O–H groups in total. The average molecular weight is 621 g/mol. The van der Waals surface area contributed by atoms with Crippen LogP contribution in [0.3, 0.4) is 0 Å². The lowest BCUT2D eigenvalue weighted by atomic mass is 9.85. The third-order valence-corrected chi connectivity index (χ3v) is 8.75. The Balaban J connectivity index is 1.14. The number of aromatic nitrogens is 3. The van der Waals surface area contributed by atoms with Gasteiger partial charge in [-0.05, 0) is 72.7 Å². The van der Waals surface area contributed by atoms with E-state index >= 15 is 0 Å². The first-order chi connectivity index (χ1) is 22.4. The van der Waals surface area contributed by atoms with Gasteiger partial charge in [-0.25, -0.2) is 4.98 Å². The van der Waals surface area contributed by atoms with Crippen LogP contribution >= 0.6 is 0 Å². The Labute approximate surface area is 267 Å². The van der Waals surface area contributed by atoms with Crippen molar-refractivity contribution in [3.8, 4) is 0 Å². The number of nitrogens with one attached hydrogen (secondary N) is 5. The minimum atomic E-state index is -0.823. The van der Waals surface area contributed by atoms with Crippen LogP contribution in [-0.2, 0) is 20.8 Å². The van der Waals surface area contributed by atoms with Gasteiger partial charge in [-0.2, -0.15) is 5.48 Å². The molecule has 3 heterocycles. The van der Waals surface area contributed by atoms with E-state index in [4.69, 9.17) is 14.6 Å². The van der Waals surface area contributed by atoms with Crippen LogP contribution in [0.1, 0.15) is 52.0 Å². The molecule has 1 saturated heterocycles. The van der Waals surface area contributed by atoms with E-state index in [9.17, 15) is 9.59 Å². The number of aryl methyl sites for hydroxylation is 3. The maximum absolute atomic E-state index is 13.9. The number of carbonyl (C=O) groups excluding carboxylic acids is 1. The lowest BCUT2D eigenvalue weighted by Crippen LogP contribution is -2.45. The molecule has 1 amide bonds. The molecule has 0 radical (unpaired) electrons. The third kappa shape index (κ3) is 6.95. The second-order valence-electron chi connectivity index (χ2n) is 11.8. The lowest BCUT2D eigenvalue weighted by molar-refractivity contribution is -0.122. The molecule has 0 spiro atoms. The number of imidazole rings is 1. The van der Waals surface area contributed by atoms with Crippen LogP contribution in [0, 0.1) is 13.8 Å². The minimum Gasteiger partial charge on any atom is -0.375 e. The van der Waals surface area contributed by atoms with Crippen LogP contribution in [0.25, 0.3) is 11.0 Å². The van der Waals surface area contributed by atoms with E-state index in [2.05, 4.69) is 52.1 Å². The van der Waals surface area contributed by atoms with Crippen molar-refractivity contribution in [2.45, 2.75) is 50.8 Å². The summed E-state index contributed by atoms with van der Waals surface area (Å²) in [6.07, 6.45) is 2.76. The summed E-state index contributed by atoms with van der Waals surface area (Å²) in [6, 6.07) is 24.8. The minimum absolute atomic E-state index is 0.0360. The zero-order chi connectivity index (χ0) is 32.0. The van der Waals surface area contributed by atoms with E-state index in [1.54, 1.807) is 6.20 Å². The van der Waals surface area contributed by atoms with Gasteiger partial charge in [0.05, 0.1) is 36.9 Å². The summed E-state index contributed by atoms with van der Waals surface area (Å²) in [4.78, 5) is 43.2. The topological polar surface area (TPSA) is 133 Å². The number of hydroxylamine groups is 1. The number of ether oxygens (including phenoxy) is 1. The quantitative estimate of drug-likeness (QED) is 0.134. The highest BCUT2D eigenvalue weighted by Crippen LogP contribution is 2.29. The second-order valence-corrected chi connectivity index (χ2v) is 11.8. The number of amides is 1. The fraction of sp³-hybridized carbons (Fsp3) is 0.306. The normalized spacial score (nSPS) is 17.3. The van der Waals surface area contributed by atoms with Crippen molar-refractivity contribution in [3.63, 3.8) is 0 Å². The molecule has 1 fully saturated rings. The standard InChI is InChI=1S/C36H40N6O4/c1-22-18-28-29(19-23(22)2)40-34(39-28)30-21-46-27(20-38-30)15-14-26-16-17-37-35(43)32(26)41-36(44)33(42-45-3)31(24-10-6-4-7-11-24)25-12-8-5-9-13-25/h4-13,16-19,27,30-31,33,38,42H,14-15,20-21H2,1-3H3,(H,37,43)(H,39,40)(H,41,44)/t27-,30+,33+/m1/s1. The fourth-order valence-electron chi connectivity index (χ4n) is 6.12. The number of benzene rings is 3. The number of rotatable bonds is 11. The van der Waals surface area contributed by atoms with E-state index in [1.807, 2.05) is 66.7 Å². The van der Waals surface area contributed by atoms with Crippen molar-refractivity contribution < 1.29 is 14.4 Å². The zero-order valence-electron chi connectivity index (χ0n) is 26.3. The Morgan fingerprint density at radius 1 is 1.02 bits per heavy atom. The van der Waals surface area contributed by atoms with Gasteiger partial charge in [0.2, 0.25) is 5.91 Å². The van der Waals surface area contributed by atoms with Gasteiger partial charge in [0, 0.05) is 18.7 Å². The average Bonchev–Trinajstić information content (AvgIpc) is 3.48. The molecular weight excluding hydrogens is 580 g/mol. The Hall–Kier alpha value is -4.61. The van der Waals surface area contributed by atoms with Crippen LogP contribution in [0.4, 0.5) is 5.69 Å². The van der Waals surface area contributed by atoms with Crippen LogP contribution in [0.5, 0.6) is 0 Å². The number of hydrogen-bond acceptors (Lipinski definition) is 7. The number of fused-ring (bicyclic) bond motifs is 1. The molecular formula is C36H40N6O4. The van der Waals surface area contributed by atoms with E-state index in [-0.39, 0.29) is 35.2 Å². The summed E-state index contributed by atoms with van der Waals surface area (Å²) in [5.74, 6) is 0.108. The number of carbonyl (C=O) groups is 1. The van der Waals surface area contributed by atoms with Crippen LogP contribution in [-0.4, -0.2) is 53.3 Å². The summed E-state index contributed by atoms with van der Waals surface area (Å²) >= 11 is 0. The molecule has 1 aliphatic heterocycles. The largest absolute Gasteiger partial charge is 0.375 e. The number of H-pyrrole nitrogens is 2. The lowest BCUT2D eigenvalue weighted by Gasteiger charge is -2.29. The predicted octanol–water partition coefficient (Wildman–Crippen LogP) is 4.82. The number of aromatic amines is 2. The molecule has 6 rings (SSSR count). The molecule has 3 atom stereocenters. The van der Waals surface area contributed by atoms with Gasteiger partial charge in [-0.1, -0.05) is 60.7 Å². The summed E-state index contributed by atoms with van der Waals surface area (Å²) in [7, 11) is 1.48. The number of anilines is 1. The van der Waals surface area contributed by atoms with Gasteiger partial charge in [0.15, 0.2) is 0 Å². The number of hydrogen-bond donors (Lipinski definition) is 5. The first-order valence-electron chi connectivity index (χ1n) is 15.6. The highest BCUT2D eigenvalue weighted by Gasteiger charge is 2.32. The first-order valence-corrected chi connectivity index (χ1v) is 15.6. The molecule has 46 heavy (non-hydrogen) atoms. The summed E-state index contributed by atoms with van der Waals surface area (Å²) in [6.45, 7) is 5.31. The SMILES string of the molecule is CON[C@H](C(=O)Nc1c(CC[C@@H]2CN[C@H](c3nc4cc(C)c(C)cc4[nH]3)CO2)cc[nH]c1=O)C(c1ccccc1)c1ccccc1. The molecule has 5 aromatic rings. The highest BCUT2D eigenvalue weighted by molar-refractivity contribution is 5.96. The molecule has 3 aromatic carbocycles. The molecule has 10 heteroatoms. The monoisotopic (exact) mass is 620 g/mol. The van der Waals surface area contributed by atoms with Crippen molar-refractivity contribution >= 4 is 22.6 Å². The molecule has 0 bridgehead atoms. The van der Waals surface area contributed by atoms with E-state index < -0.39 is 6.04 Å². The van der Waals surface area contributed by atoms with Gasteiger partial charge >= 0.3 is 0 Å². The maximum atomic E-state index is 13.9. The maximum Gasteiger partial charge on any atom is 0.271 e. The van der Waals surface area contributed by atoms with Crippen molar-refractivity contribution in [1.82, 2.24) is 25.7 Å². The summed E-state index contributed by atoms with van der Waals surface area (Å²) < 4.78 is 6.24. The number of pyridine rings is 1. The van der Waals surface area contributed by atoms with Gasteiger partial charge in [0.1, 0.15) is 17.6 Å². The van der Waals surface area contributed by atoms with Crippen molar-refractivity contribution in [1.29, 1.82) is 0 Å². The summed E-state index contributed by atoms with van der Waals surface area (Å²) in [5.41, 5.74) is 9.78. The van der Waals surface area contributed by atoms with Crippen LogP contribution < -0.4 is 21.7 Å². The smallest absolute Gasteiger partial charge is 0.271 e. The van der Waals surface area contributed by atoms with Gasteiger partial charge in [0.25, 0.3) is 5.56 Å². The second kappa shape index (κ2) is 14.2. The van der Waals surface area contributed by atoms with Crippen molar-refractivity contribution in [3.05, 3.63) is 129 Å². The molecule has 0 aliphatic carbocycles. The van der Waals surface area contributed by atoms with E-state index in [0.717, 1.165) is 33.5 Å². The first kappa shape index (κ1) is 31.4. The van der Waals surface area contributed by atoms with Crippen LogP contribution in [0.15, 0.2) is 89.9 Å². The fourth-order valence-corrected chi connectivity index (χ4v) is 6.12. The Kier molecular flexibility index (Phi) is 9.70. The Morgan fingerprint density at radius 2 is 1.72 bits per heavy atom. The predicted molar refractivity (Wildman–Crippen MR) is 179 cm³/mol. The van der Waals surface area contributed by atoms with Crippen molar-refractivity contribution in [2.24, 2.45) is 0 Å². The highest BCUT2D eigenvalue weighted by atomic mass is 16.6. The zero-order valence-corrected chi connectivity index (χ0v) is 26.3. The van der Waals surface area contributed by atoms with E-state index in [1.165, 1.54) is 18.2 Å². The molecule has 0 saturated carbocycles. The summed E-state index contributed by atoms with van der Waals surface area (Å²) in [5, 5.41) is 6.49. The van der Waals surface area contributed by atoms with Crippen LogP contribution in [0.2, 0.25) is 0 Å². The Bertz CT molecular complexity index is 1750. The van der Waals surface area contributed by atoms with Gasteiger partial charge in [-0.15, -0.1) is 0 Å². The molecule has 238 valence electrons. The third-order valence-electron chi connectivity index (χ3n) is 8.75. The van der Waals surface area contributed by atoms with E-state index in [0.29, 0.717) is 26.0 Å². The van der Waals surface area contributed by atoms with Gasteiger partial charge < -0.3 is 30.2 Å². The molecule has 1 aliphatic rings. The molecule has 2 aromatic heterocycles. The Morgan fingerprint density at radius 3 is 2.37 bits per heavy atom. The molecule has 0 unspecified atom stereocenters. The molecule has 10 nitrogen and oxygen atoms in total. The van der Waals surface area contributed by atoms with Gasteiger partial charge in [-0.3, -0.25) is 9.59 Å². The van der Waals surface area contributed by atoms with Crippen molar-refractivity contribution in [2.75, 3.05) is 25.6 Å². The number of morpholine rings is 1. The number of nitrogens with zero attached hydrogens (tertiary/aromatic N) is 1.